The minimum Gasteiger partial charge on any atom is -0.326 e. The highest BCUT2D eigenvalue weighted by Crippen LogP contribution is 2.37. The lowest BCUT2D eigenvalue weighted by atomic mass is 10.0. The van der Waals surface area contributed by atoms with Crippen molar-refractivity contribution in [3.05, 3.63) is 23.8 Å². The molecular weight excluding hydrogens is 306 g/mol. The molecule has 6 nitrogen and oxygen atoms in total. The molecule has 1 aromatic rings. The molecular formula is C18H23N3O3. The summed E-state index contributed by atoms with van der Waals surface area (Å²) in [5, 5.41) is 2.99. The quantitative estimate of drug-likeness (QED) is 0.923. The van der Waals surface area contributed by atoms with Crippen molar-refractivity contribution in [3.8, 4) is 0 Å². The molecule has 0 spiro atoms. The summed E-state index contributed by atoms with van der Waals surface area (Å²) in [4.78, 5) is 39.0. The number of amides is 4. The molecule has 0 aromatic heterocycles. The van der Waals surface area contributed by atoms with E-state index in [1.54, 1.807) is 4.90 Å². The highest BCUT2D eigenvalue weighted by Gasteiger charge is 2.34. The van der Waals surface area contributed by atoms with Gasteiger partial charge in [-0.3, -0.25) is 19.4 Å². The van der Waals surface area contributed by atoms with Crippen molar-refractivity contribution in [2.45, 2.75) is 33.6 Å². The number of nitrogens with zero attached hydrogens (tertiary/aromatic N) is 2. The lowest BCUT2D eigenvalue weighted by Gasteiger charge is -2.21. The molecule has 1 aliphatic heterocycles. The lowest BCUT2D eigenvalue weighted by Crippen LogP contribution is -2.35. The van der Waals surface area contributed by atoms with E-state index in [0.717, 1.165) is 29.8 Å². The van der Waals surface area contributed by atoms with Gasteiger partial charge < -0.3 is 5.32 Å². The van der Waals surface area contributed by atoms with Gasteiger partial charge in [-0.25, -0.2) is 4.79 Å². The zero-order valence-corrected chi connectivity index (χ0v) is 14.3. The van der Waals surface area contributed by atoms with Crippen LogP contribution in [0, 0.1) is 18.8 Å². The molecule has 1 heterocycles. The Hall–Kier alpha value is -2.37. The number of carbonyl (C=O) groups is 3. The van der Waals surface area contributed by atoms with Crippen molar-refractivity contribution in [3.63, 3.8) is 0 Å². The van der Waals surface area contributed by atoms with E-state index in [1.165, 1.54) is 11.8 Å². The smallest absolute Gasteiger partial charge is 0.326 e. The standard InChI is InChI=1S/C18H23N3O3/c1-11(14-7-8-14)17(23)19-15-5-4-6-16(12(15)2)21-10-9-20(13(3)22)18(21)24/h4-6,11,14H,7-10H2,1-3H3,(H,19,23)/t11-/m0/s1. The van der Waals surface area contributed by atoms with Crippen molar-refractivity contribution < 1.29 is 14.4 Å². The van der Waals surface area contributed by atoms with Gasteiger partial charge in [0.2, 0.25) is 11.8 Å². The van der Waals surface area contributed by atoms with Crippen LogP contribution in [-0.4, -0.2) is 35.8 Å². The fraction of sp³-hybridized carbons (Fsp3) is 0.500. The first-order valence-electron chi connectivity index (χ1n) is 8.40. The molecule has 1 N–H and O–H groups in total. The first-order valence-corrected chi connectivity index (χ1v) is 8.40. The number of nitrogens with one attached hydrogen (secondary N) is 1. The van der Waals surface area contributed by atoms with Crippen LogP contribution in [0.3, 0.4) is 0 Å². The molecule has 24 heavy (non-hydrogen) atoms. The van der Waals surface area contributed by atoms with Gasteiger partial charge >= 0.3 is 6.03 Å². The minimum atomic E-state index is -0.305. The second-order valence-electron chi connectivity index (χ2n) is 6.67. The summed E-state index contributed by atoms with van der Waals surface area (Å²) in [7, 11) is 0. The maximum atomic E-state index is 12.4. The van der Waals surface area contributed by atoms with E-state index < -0.39 is 0 Å². The number of benzene rings is 1. The van der Waals surface area contributed by atoms with Gasteiger partial charge in [0.1, 0.15) is 0 Å². The lowest BCUT2D eigenvalue weighted by molar-refractivity contribution is -0.125. The number of imide groups is 1. The predicted octanol–water partition coefficient (Wildman–Crippen LogP) is 2.77. The highest BCUT2D eigenvalue weighted by atomic mass is 16.2. The van der Waals surface area contributed by atoms with Crippen LogP contribution in [0.1, 0.15) is 32.3 Å². The van der Waals surface area contributed by atoms with Crippen LogP contribution in [0.25, 0.3) is 0 Å². The predicted molar refractivity (Wildman–Crippen MR) is 91.8 cm³/mol. The first kappa shape index (κ1) is 16.5. The topological polar surface area (TPSA) is 69.7 Å². The number of rotatable bonds is 4. The third-order valence-electron chi connectivity index (χ3n) is 4.99. The van der Waals surface area contributed by atoms with Gasteiger partial charge in [0.25, 0.3) is 0 Å². The fourth-order valence-electron chi connectivity index (χ4n) is 3.16. The molecule has 128 valence electrons. The van der Waals surface area contributed by atoms with Crippen molar-refractivity contribution >= 4 is 29.2 Å². The van der Waals surface area contributed by atoms with E-state index in [0.29, 0.717) is 19.0 Å². The molecule has 0 bridgehead atoms. The van der Waals surface area contributed by atoms with Gasteiger partial charge in [0, 0.05) is 31.6 Å². The second-order valence-corrected chi connectivity index (χ2v) is 6.67. The molecule has 1 saturated carbocycles. The second kappa shape index (κ2) is 6.26. The van der Waals surface area contributed by atoms with Gasteiger partial charge in [-0.2, -0.15) is 0 Å². The van der Waals surface area contributed by atoms with E-state index in [2.05, 4.69) is 5.32 Å². The SMILES string of the molecule is CC(=O)N1CCN(c2cccc(NC(=O)[C@@H](C)C3CC3)c2C)C1=O. The van der Waals surface area contributed by atoms with Crippen LogP contribution in [0.2, 0.25) is 0 Å². The molecule has 2 aliphatic rings. The Balaban J connectivity index is 1.80. The van der Waals surface area contributed by atoms with Crippen LogP contribution < -0.4 is 10.2 Å². The van der Waals surface area contributed by atoms with Gasteiger partial charge in [-0.05, 0) is 43.4 Å². The van der Waals surface area contributed by atoms with Gasteiger partial charge in [0.05, 0.1) is 5.69 Å². The highest BCUT2D eigenvalue weighted by molar-refractivity contribution is 6.05. The van der Waals surface area contributed by atoms with E-state index in [9.17, 15) is 14.4 Å². The zero-order valence-electron chi connectivity index (χ0n) is 14.3. The molecule has 1 atom stereocenters. The van der Waals surface area contributed by atoms with E-state index >= 15 is 0 Å². The summed E-state index contributed by atoms with van der Waals surface area (Å²) in [5.41, 5.74) is 2.30. The first-order chi connectivity index (χ1) is 11.4. The summed E-state index contributed by atoms with van der Waals surface area (Å²) in [6.07, 6.45) is 2.24. The molecule has 4 amide bonds. The molecule has 2 fully saturated rings. The van der Waals surface area contributed by atoms with Crippen LogP contribution in [-0.2, 0) is 9.59 Å². The summed E-state index contributed by atoms with van der Waals surface area (Å²) >= 11 is 0. The molecule has 6 heteroatoms. The molecule has 1 aromatic carbocycles. The maximum Gasteiger partial charge on any atom is 0.331 e. The maximum absolute atomic E-state index is 12.4. The Morgan fingerprint density at radius 1 is 1.25 bits per heavy atom. The van der Waals surface area contributed by atoms with E-state index in [1.807, 2.05) is 32.0 Å². The molecule has 0 unspecified atom stereocenters. The van der Waals surface area contributed by atoms with Crippen LogP contribution in [0.4, 0.5) is 16.2 Å². The number of carbonyl (C=O) groups excluding carboxylic acids is 3. The van der Waals surface area contributed by atoms with Crippen molar-refractivity contribution in [1.29, 1.82) is 0 Å². The average molecular weight is 329 g/mol. The third kappa shape index (κ3) is 3.00. The molecule has 3 rings (SSSR count). The Kier molecular flexibility index (Phi) is 4.30. The Labute approximate surface area is 141 Å². The van der Waals surface area contributed by atoms with Gasteiger partial charge in [0.15, 0.2) is 0 Å². The zero-order chi connectivity index (χ0) is 17.4. The normalized spacial score (nSPS) is 18.7. The van der Waals surface area contributed by atoms with Gasteiger partial charge in [-0.15, -0.1) is 0 Å². The summed E-state index contributed by atoms with van der Waals surface area (Å²) in [6, 6.07) is 5.21. The van der Waals surface area contributed by atoms with Crippen LogP contribution in [0.15, 0.2) is 18.2 Å². The Bertz CT molecular complexity index is 697. The number of urea groups is 1. The number of anilines is 2. The summed E-state index contributed by atoms with van der Waals surface area (Å²) in [6.45, 7) is 6.10. The number of hydrogen-bond donors (Lipinski definition) is 1. The van der Waals surface area contributed by atoms with Gasteiger partial charge in [-0.1, -0.05) is 13.0 Å². The van der Waals surface area contributed by atoms with E-state index in [4.69, 9.17) is 0 Å². The Morgan fingerprint density at radius 2 is 1.96 bits per heavy atom. The molecule has 1 saturated heterocycles. The molecule has 0 radical (unpaired) electrons. The largest absolute Gasteiger partial charge is 0.331 e. The van der Waals surface area contributed by atoms with Crippen molar-refractivity contribution in [2.24, 2.45) is 11.8 Å². The Morgan fingerprint density at radius 3 is 2.54 bits per heavy atom. The monoisotopic (exact) mass is 329 g/mol. The number of hydrogen-bond acceptors (Lipinski definition) is 3. The van der Waals surface area contributed by atoms with Crippen LogP contribution >= 0.6 is 0 Å². The average Bonchev–Trinajstić information content (AvgIpc) is 3.31. The minimum absolute atomic E-state index is 0.00896. The third-order valence-corrected chi connectivity index (χ3v) is 4.99. The van der Waals surface area contributed by atoms with E-state index in [-0.39, 0.29) is 23.8 Å². The molecule has 1 aliphatic carbocycles. The fourth-order valence-corrected chi connectivity index (χ4v) is 3.16. The summed E-state index contributed by atoms with van der Waals surface area (Å²) in [5.74, 6) is 0.284. The summed E-state index contributed by atoms with van der Waals surface area (Å²) < 4.78 is 0. The van der Waals surface area contributed by atoms with Crippen molar-refractivity contribution in [2.75, 3.05) is 23.3 Å². The van der Waals surface area contributed by atoms with Crippen molar-refractivity contribution in [1.82, 2.24) is 4.90 Å². The van der Waals surface area contributed by atoms with Crippen LogP contribution in [0.5, 0.6) is 0 Å².